The van der Waals surface area contributed by atoms with Gasteiger partial charge in [-0.1, -0.05) is 176 Å². The summed E-state index contributed by atoms with van der Waals surface area (Å²) in [6.45, 7) is 15.2. The summed E-state index contributed by atoms with van der Waals surface area (Å²) in [6.07, 6.45) is 32.5. The van der Waals surface area contributed by atoms with Gasteiger partial charge in [-0.15, -0.1) is 0 Å². The SMILES string of the molecule is CCCCCCCCCCOc1ccc(-c2ccc(C(C)CCCCCC)nn2)cc1.CCCCCCCCCOc1ccc(-c2ccc(C(C)CCCCCC)nn2)cc1. The average molecular weight is 835 g/mol. The number of rotatable bonds is 33. The standard InChI is InChI=1S/C28H44N2O.C27H42N2O/c1-4-6-8-10-11-12-13-15-23-31-26-19-17-25(18-20-26)28-22-21-27(29-30-28)24(3)16-14-9-7-5-2;1-4-6-8-10-11-12-14-22-30-25-18-16-24(17-19-25)27-21-20-26(28-29-27)23(3)15-13-9-7-5-2/h17-22,24H,4-16,23H2,1-3H3;16-21,23H,4-15,22H2,1-3H3. The lowest BCUT2D eigenvalue weighted by molar-refractivity contribution is 0.304. The molecule has 2 heterocycles. The highest BCUT2D eigenvalue weighted by Gasteiger charge is 2.11. The smallest absolute Gasteiger partial charge is 0.119 e. The summed E-state index contributed by atoms with van der Waals surface area (Å²) in [6, 6.07) is 25.0. The molecule has 2 unspecified atom stereocenters. The van der Waals surface area contributed by atoms with Crippen LogP contribution in [-0.2, 0) is 0 Å². The van der Waals surface area contributed by atoms with Crippen molar-refractivity contribution in [2.24, 2.45) is 0 Å². The van der Waals surface area contributed by atoms with E-state index in [0.29, 0.717) is 11.8 Å². The predicted molar refractivity (Wildman–Crippen MR) is 261 cm³/mol. The lowest BCUT2D eigenvalue weighted by Gasteiger charge is -2.11. The molecule has 0 amide bonds. The second-order valence-electron chi connectivity index (χ2n) is 17.5. The van der Waals surface area contributed by atoms with Gasteiger partial charge in [0.05, 0.1) is 36.0 Å². The van der Waals surface area contributed by atoms with Crippen LogP contribution in [0.3, 0.4) is 0 Å². The minimum atomic E-state index is 0.477. The van der Waals surface area contributed by atoms with Gasteiger partial charge in [-0.05, 0) is 98.5 Å². The number of ether oxygens (including phenoxy) is 2. The Kier molecular flexibility index (Phi) is 28.5. The summed E-state index contributed by atoms with van der Waals surface area (Å²) in [4.78, 5) is 0. The molecule has 4 rings (SSSR count). The van der Waals surface area contributed by atoms with Crippen LogP contribution in [0, 0.1) is 0 Å². The van der Waals surface area contributed by atoms with Crippen LogP contribution in [-0.4, -0.2) is 33.6 Å². The quantitative estimate of drug-likeness (QED) is 0.0445. The highest BCUT2D eigenvalue weighted by atomic mass is 16.5. The van der Waals surface area contributed by atoms with Crippen LogP contribution in [0.15, 0.2) is 72.8 Å². The van der Waals surface area contributed by atoms with E-state index in [1.165, 1.54) is 148 Å². The van der Waals surface area contributed by atoms with E-state index >= 15 is 0 Å². The fourth-order valence-electron chi connectivity index (χ4n) is 7.69. The van der Waals surface area contributed by atoms with Crippen molar-refractivity contribution < 1.29 is 9.47 Å². The molecule has 61 heavy (non-hydrogen) atoms. The second kappa shape index (κ2) is 33.8. The number of unbranched alkanes of at least 4 members (excludes halogenated alkanes) is 19. The fraction of sp³-hybridized carbons (Fsp3) is 0.636. The first-order chi connectivity index (χ1) is 30.0. The van der Waals surface area contributed by atoms with Crippen molar-refractivity contribution in [3.05, 3.63) is 84.2 Å². The topological polar surface area (TPSA) is 70.0 Å². The van der Waals surface area contributed by atoms with E-state index in [4.69, 9.17) is 9.47 Å². The number of benzene rings is 2. The molecular weight excluding hydrogens is 749 g/mol. The maximum absolute atomic E-state index is 5.91. The third-order valence-electron chi connectivity index (χ3n) is 11.9. The van der Waals surface area contributed by atoms with Gasteiger partial charge in [0.15, 0.2) is 0 Å². The molecule has 0 saturated heterocycles. The van der Waals surface area contributed by atoms with Crippen molar-refractivity contribution in [3.63, 3.8) is 0 Å². The summed E-state index contributed by atoms with van der Waals surface area (Å²) in [5, 5.41) is 17.9. The third kappa shape index (κ3) is 22.7. The molecule has 0 fully saturated rings. The average Bonchev–Trinajstić information content (AvgIpc) is 3.30. The molecule has 2 aromatic carbocycles. The molecule has 2 aromatic heterocycles. The molecule has 0 aliphatic rings. The van der Waals surface area contributed by atoms with Crippen molar-refractivity contribution >= 4 is 0 Å². The molecular formula is C55H86N4O2. The van der Waals surface area contributed by atoms with E-state index in [2.05, 4.69) is 110 Å². The Labute approximate surface area is 373 Å². The van der Waals surface area contributed by atoms with Gasteiger partial charge in [-0.25, -0.2) is 0 Å². The van der Waals surface area contributed by atoms with Crippen LogP contribution < -0.4 is 9.47 Å². The predicted octanol–water partition coefficient (Wildman–Crippen LogP) is 17.1. The molecule has 6 nitrogen and oxygen atoms in total. The first-order valence-corrected chi connectivity index (χ1v) is 25.1. The zero-order valence-electron chi connectivity index (χ0n) is 39.8. The van der Waals surface area contributed by atoms with Gasteiger partial charge in [-0.2, -0.15) is 20.4 Å². The molecule has 6 heteroatoms. The molecule has 0 aliphatic heterocycles. The Bertz CT molecular complexity index is 1590. The van der Waals surface area contributed by atoms with E-state index in [-0.39, 0.29) is 0 Å². The molecule has 0 spiro atoms. The Morgan fingerprint density at radius 3 is 0.967 bits per heavy atom. The zero-order chi connectivity index (χ0) is 43.6. The van der Waals surface area contributed by atoms with Crippen LogP contribution >= 0.6 is 0 Å². The fourth-order valence-corrected chi connectivity index (χ4v) is 7.69. The second-order valence-corrected chi connectivity index (χ2v) is 17.5. The number of aromatic nitrogens is 4. The van der Waals surface area contributed by atoms with E-state index in [0.717, 1.165) is 71.5 Å². The third-order valence-corrected chi connectivity index (χ3v) is 11.9. The molecule has 0 N–H and O–H groups in total. The zero-order valence-corrected chi connectivity index (χ0v) is 39.8. The summed E-state index contributed by atoms with van der Waals surface area (Å²) in [7, 11) is 0. The summed E-state index contributed by atoms with van der Waals surface area (Å²) >= 11 is 0. The van der Waals surface area contributed by atoms with E-state index < -0.39 is 0 Å². The van der Waals surface area contributed by atoms with Gasteiger partial charge >= 0.3 is 0 Å². The van der Waals surface area contributed by atoms with Crippen molar-refractivity contribution in [2.75, 3.05) is 13.2 Å². The minimum Gasteiger partial charge on any atom is -0.494 e. The lowest BCUT2D eigenvalue weighted by atomic mass is 9.99. The normalized spacial score (nSPS) is 12.1. The highest BCUT2D eigenvalue weighted by Crippen LogP contribution is 2.26. The number of hydrogen-bond donors (Lipinski definition) is 0. The van der Waals surface area contributed by atoms with Crippen molar-refractivity contribution in [1.29, 1.82) is 0 Å². The van der Waals surface area contributed by atoms with Crippen LogP contribution in [0.25, 0.3) is 22.5 Å². The van der Waals surface area contributed by atoms with Gasteiger partial charge in [0.2, 0.25) is 0 Å². The maximum Gasteiger partial charge on any atom is 0.119 e. The van der Waals surface area contributed by atoms with Gasteiger partial charge in [0.25, 0.3) is 0 Å². The van der Waals surface area contributed by atoms with Crippen molar-refractivity contribution in [3.8, 4) is 34.0 Å². The summed E-state index contributed by atoms with van der Waals surface area (Å²) in [5.74, 6) is 2.84. The van der Waals surface area contributed by atoms with E-state index in [9.17, 15) is 0 Å². The van der Waals surface area contributed by atoms with Crippen LogP contribution in [0.2, 0.25) is 0 Å². The molecule has 0 bridgehead atoms. The van der Waals surface area contributed by atoms with Gasteiger partial charge in [0, 0.05) is 23.0 Å². The summed E-state index contributed by atoms with van der Waals surface area (Å²) < 4.78 is 11.8. The van der Waals surface area contributed by atoms with Crippen LogP contribution in [0.4, 0.5) is 0 Å². The van der Waals surface area contributed by atoms with Gasteiger partial charge in [0.1, 0.15) is 11.5 Å². The molecule has 0 aliphatic carbocycles. The Morgan fingerprint density at radius 2 is 0.656 bits per heavy atom. The van der Waals surface area contributed by atoms with E-state index in [1.807, 2.05) is 24.3 Å². The lowest BCUT2D eigenvalue weighted by Crippen LogP contribution is -2.00. The van der Waals surface area contributed by atoms with Gasteiger partial charge < -0.3 is 9.47 Å². The molecule has 2 atom stereocenters. The molecule has 4 aromatic rings. The number of nitrogens with zero attached hydrogens (tertiary/aromatic N) is 4. The minimum absolute atomic E-state index is 0.477. The largest absolute Gasteiger partial charge is 0.494 e. The maximum atomic E-state index is 5.91. The van der Waals surface area contributed by atoms with Crippen molar-refractivity contribution in [1.82, 2.24) is 20.4 Å². The van der Waals surface area contributed by atoms with Crippen LogP contribution in [0.5, 0.6) is 11.5 Å². The first kappa shape index (κ1) is 51.5. The van der Waals surface area contributed by atoms with Crippen LogP contribution in [0.1, 0.15) is 225 Å². The van der Waals surface area contributed by atoms with Gasteiger partial charge in [-0.3, -0.25) is 0 Å². The summed E-state index contributed by atoms with van der Waals surface area (Å²) in [5.41, 5.74) is 6.24. The number of hydrogen-bond acceptors (Lipinski definition) is 6. The first-order valence-electron chi connectivity index (χ1n) is 25.1. The molecule has 0 saturated carbocycles. The Morgan fingerprint density at radius 1 is 0.344 bits per heavy atom. The molecule has 0 radical (unpaired) electrons. The monoisotopic (exact) mass is 835 g/mol. The highest BCUT2D eigenvalue weighted by molar-refractivity contribution is 5.60. The van der Waals surface area contributed by atoms with Crippen molar-refractivity contribution in [2.45, 2.75) is 214 Å². The Hall–Kier alpha value is -3.80. The molecule has 338 valence electrons. The van der Waals surface area contributed by atoms with E-state index in [1.54, 1.807) is 0 Å². The Balaban J connectivity index is 0.000000325.